The number of aryl methyl sites for hydroxylation is 2. The van der Waals surface area contributed by atoms with Crippen LogP contribution >= 0.6 is 0 Å². The SMILES string of the molecule is CCc1ccc(C(=O)CC2(O)C(=O)Nc3c(C)cccc32)cc1. The summed E-state index contributed by atoms with van der Waals surface area (Å²) in [4.78, 5) is 24.8. The standard InChI is InChI=1S/C19H19NO3/c1-3-13-7-9-14(10-8-13)16(21)11-19(23)15-6-4-5-12(2)17(15)20-18(19)22/h4-10,23H,3,11H2,1-2H3,(H,20,22). The Bertz CT molecular complexity index is 780. The molecule has 2 aromatic carbocycles. The van der Waals surface area contributed by atoms with Gasteiger partial charge in [-0.1, -0.05) is 49.4 Å². The lowest BCUT2D eigenvalue weighted by Crippen LogP contribution is -2.36. The Balaban J connectivity index is 1.91. The van der Waals surface area contributed by atoms with Crippen molar-refractivity contribution in [2.24, 2.45) is 0 Å². The van der Waals surface area contributed by atoms with Crippen LogP contribution in [0, 0.1) is 6.92 Å². The van der Waals surface area contributed by atoms with Gasteiger partial charge in [-0.3, -0.25) is 9.59 Å². The molecule has 1 unspecified atom stereocenters. The Morgan fingerprint density at radius 2 is 1.87 bits per heavy atom. The fourth-order valence-electron chi connectivity index (χ4n) is 2.95. The first-order valence-corrected chi connectivity index (χ1v) is 7.72. The average Bonchev–Trinajstić information content (AvgIpc) is 2.80. The Morgan fingerprint density at radius 1 is 1.17 bits per heavy atom. The predicted octanol–water partition coefficient (Wildman–Crippen LogP) is 2.97. The van der Waals surface area contributed by atoms with Crippen LogP contribution in [-0.4, -0.2) is 16.8 Å². The van der Waals surface area contributed by atoms with Gasteiger partial charge in [0.1, 0.15) is 0 Å². The van der Waals surface area contributed by atoms with Crippen LogP contribution in [0.15, 0.2) is 42.5 Å². The van der Waals surface area contributed by atoms with Crippen LogP contribution in [0.1, 0.15) is 40.4 Å². The second-order valence-electron chi connectivity index (χ2n) is 5.96. The van der Waals surface area contributed by atoms with Crippen molar-refractivity contribution in [1.29, 1.82) is 0 Å². The molecule has 1 aliphatic rings. The zero-order valence-electron chi connectivity index (χ0n) is 13.2. The first kappa shape index (κ1) is 15.4. The zero-order chi connectivity index (χ0) is 16.6. The van der Waals surface area contributed by atoms with Crippen molar-refractivity contribution >= 4 is 17.4 Å². The van der Waals surface area contributed by atoms with Gasteiger partial charge in [-0.05, 0) is 24.5 Å². The third-order valence-electron chi connectivity index (χ3n) is 4.43. The molecule has 23 heavy (non-hydrogen) atoms. The van der Waals surface area contributed by atoms with Gasteiger partial charge in [0, 0.05) is 11.1 Å². The number of anilines is 1. The van der Waals surface area contributed by atoms with E-state index in [-0.39, 0.29) is 12.2 Å². The molecule has 4 nitrogen and oxygen atoms in total. The summed E-state index contributed by atoms with van der Waals surface area (Å²) >= 11 is 0. The number of aliphatic hydroxyl groups is 1. The summed E-state index contributed by atoms with van der Waals surface area (Å²) in [6.45, 7) is 3.90. The maximum atomic E-state index is 12.5. The van der Waals surface area contributed by atoms with E-state index >= 15 is 0 Å². The van der Waals surface area contributed by atoms with Gasteiger partial charge in [-0.2, -0.15) is 0 Å². The van der Waals surface area contributed by atoms with Crippen LogP contribution in [0.5, 0.6) is 0 Å². The molecule has 1 amide bonds. The van der Waals surface area contributed by atoms with Crippen LogP contribution in [0.3, 0.4) is 0 Å². The summed E-state index contributed by atoms with van der Waals surface area (Å²) in [6, 6.07) is 12.6. The number of hydrogen-bond acceptors (Lipinski definition) is 3. The number of carbonyl (C=O) groups excluding carboxylic acids is 2. The monoisotopic (exact) mass is 309 g/mol. The molecule has 1 aliphatic heterocycles. The fraction of sp³-hybridized carbons (Fsp3) is 0.263. The minimum Gasteiger partial charge on any atom is -0.375 e. The number of amides is 1. The number of carbonyl (C=O) groups is 2. The largest absolute Gasteiger partial charge is 0.375 e. The lowest BCUT2D eigenvalue weighted by Gasteiger charge is -2.20. The lowest BCUT2D eigenvalue weighted by atomic mass is 9.87. The fourth-order valence-corrected chi connectivity index (χ4v) is 2.95. The van der Waals surface area contributed by atoms with E-state index in [4.69, 9.17) is 0 Å². The van der Waals surface area contributed by atoms with Crippen molar-refractivity contribution in [2.75, 3.05) is 5.32 Å². The van der Waals surface area contributed by atoms with Crippen LogP contribution in [0.2, 0.25) is 0 Å². The molecule has 2 N–H and O–H groups in total. The third kappa shape index (κ3) is 2.55. The number of hydrogen-bond donors (Lipinski definition) is 2. The van der Waals surface area contributed by atoms with Crippen molar-refractivity contribution in [2.45, 2.75) is 32.3 Å². The van der Waals surface area contributed by atoms with Gasteiger partial charge in [0.25, 0.3) is 5.91 Å². The number of Topliss-reactive ketones (excluding diaryl/α,β-unsaturated/α-hetero) is 1. The molecule has 1 heterocycles. The van der Waals surface area contributed by atoms with E-state index in [0.717, 1.165) is 17.5 Å². The Morgan fingerprint density at radius 3 is 2.52 bits per heavy atom. The van der Waals surface area contributed by atoms with Gasteiger partial charge < -0.3 is 10.4 Å². The lowest BCUT2D eigenvalue weighted by molar-refractivity contribution is -0.133. The first-order valence-electron chi connectivity index (χ1n) is 7.72. The third-order valence-corrected chi connectivity index (χ3v) is 4.43. The van der Waals surface area contributed by atoms with Gasteiger partial charge in [-0.15, -0.1) is 0 Å². The predicted molar refractivity (Wildman–Crippen MR) is 88.5 cm³/mol. The van der Waals surface area contributed by atoms with Crippen LogP contribution in [-0.2, 0) is 16.8 Å². The molecule has 0 spiro atoms. The van der Waals surface area contributed by atoms with E-state index in [1.54, 1.807) is 24.3 Å². The molecule has 0 radical (unpaired) electrons. The molecule has 4 heteroatoms. The second kappa shape index (κ2) is 5.63. The van der Waals surface area contributed by atoms with Gasteiger partial charge in [0.15, 0.2) is 11.4 Å². The van der Waals surface area contributed by atoms with Crippen LogP contribution in [0.25, 0.3) is 0 Å². The number of ketones is 1. The van der Waals surface area contributed by atoms with Crippen molar-refractivity contribution in [3.05, 3.63) is 64.7 Å². The molecule has 0 fully saturated rings. The summed E-state index contributed by atoms with van der Waals surface area (Å²) in [5.74, 6) is -0.792. The molecule has 0 aromatic heterocycles. The highest BCUT2D eigenvalue weighted by Gasteiger charge is 2.47. The molecule has 2 aromatic rings. The molecule has 118 valence electrons. The van der Waals surface area contributed by atoms with Gasteiger partial charge in [0.2, 0.25) is 0 Å². The normalized spacial score (nSPS) is 19.3. The molecule has 0 saturated heterocycles. The molecule has 0 aliphatic carbocycles. The number of para-hydroxylation sites is 1. The van der Waals surface area contributed by atoms with Gasteiger partial charge >= 0.3 is 0 Å². The maximum Gasteiger partial charge on any atom is 0.261 e. The van der Waals surface area contributed by atoms with E-state index in [1.807, 2.05) is 32.0 Å². The maximum absolute atomic E-state index is 12.5. The highest BCUT2D eigenvalue weighted by molar-refractivity contribution is 6.09. The van der Waals surface area contributed by atoms with Gasteiger partial charge in [0.05, 0.1) is 12.1 Å². The summed E-state index contributed by atoms with van der Waals surface area (Å²) < 4.78 is 0. The summed E-state index contributed by atoms with van der Waals surface area (Å²) in [5, 5.41) is 13.5. The Labute approximate surface area is 135 Å². The molecule has 1 atom stereocenters. The van der Waals surface area contributed by atoms with Crippen molar-refractivity contribution in [1.82, 2.24) is 0 Å². The highest BCUT2D eigenvalue weighted by atomic mass is 16.3. The van der Waals surface area contributed by atoms with E-state index in [9.17, 15) is 14.7 Å². The number of fused-ring (bicyclic) bond motifs is 1. The van der Waals surface area contributed by atoms with Crippen molar-refractivity contribution in [3.8, 4) is 0 Å². The van der Waals surface area contributed by atoms with E-state index in [2.05, 4.69) is 5.32 Å². The number of benzene rings is 2. The molecule has 0 bridgehead atoms. The number of rotatable bonds is 4. The molecule has 0 saturated carbocycles. The smallest absolute Gasteiger partial charge is 0.261 e. The Kier molecular flexibility index (Phi) is 3.78. The minimum absolute atomic E-state index is 0.250. The first-order chi connectivity index (χ1) is 11.0. The van der Waals surface area contributed by atoms with E-state index in [1.165, 1.54) is 0 Å². The summed E-state index contributed by atoms with van der Waals surface area (Å²) in [5.41, 5.74) is 1.79. The van der Waals surface area contributed by atoms with Crippen LogP contribution in [0.4, 0.5) is 5.69 Å². The van der Waals surface area contributed by atoms with Gasteiger partial charge in [-0.25, -0.2) is 0 Å². The van der Waals surface area contributed by atoms with E-state index in [0.29, 0.717) is 16.8 Å². The average molecular weight is 309 g/mol. The Hall–Kier alpha value is -2.46. The quantitative estimate of drug-likeness (QED) is 0.853. The van der Waals surface area contributed by atoms with Crippen LogP contribution < -0.4 is 5.32 Å². The van der Waals surface area contributed by atoms with Crippen molar-refractivity contribution in [3.63, 3.8) is 0 Å². The second-order valence-corrected chi connectivity index (χ2v) is 5.96. The summed E-state index contributed by atoms with van der Waals surface area (Å²) in [7, 11) is 0. The van der Waals surface area contributed by atoms with Crippen molar-refractivity contribution < 1.29 is 14.7 Å². The zero-order valence-corrected chi connectivity index (χ0v) is 13.2. The topological polar surface area (TPSA) is 66.4 Å². The minimum atomic E-state index is -1.80. The molecular weight excluding hydrogens is 290 g/mol. The highest BCUT2D eigenvalue weighted by Crippen LogP contribution is 2.40. The summed E-state index contributed by atoms with van der Waals surface area (Å²) in [6.07, 6.45) is 0.633. The van der Waals surface area contributed by atoms with E-state index < -0.39 is 11.5 Å². The molecular formula is C19H19NO3. The number of nitrogens with one attached hydrogen (secondary N) is 1. The molecule has 3 rings (SSSR count).